The Morgan fingerprint density at radius 1 is 0.733 bits per heavy atom. The second-order valence-corrected chi connectivity index (χ2v) is 3.80. The molecule has 0 saturated carbocycles. The van der Waals surface area contributed by atoms with Gasteiger partial charge >= 0.3 is 105 Å². The minimum atomic E-state index is 1.21. The number of nitrogens with zero attached hydrogens (tertiary/aromatic N) is 1. The number of rotatable bonds is 3. The zero-order valence-corrected chi connectivity index (χ0v) is 10.8. The SMILES string of the molecule is [Zr+2]=[B]N(c1ccccc1)c1ccccc1. The van der Waals surface area contributed by atoms with Crippen molar-refractivity contribution >= 4 is 15.9 Å². The van der Waals surface area contributed by atoms with Crippen LogP contribution in [0.5, 0.6) is 0 Å². The first-order chi connectivity index (χ1) is 7.42. The third-order valence-electron chi connectivity index (χ3n) is 2.20. The van der Waals surface area contributed by atoms with Crippen LogP contribution in [0.3, 0.4) is 0 Å². The van der Waals surface area contributed by atoms with Gasteiger partial charge < -0.3 is 0 Å². The molecule has 0 aromatic heterocycles. The van der Waals surface area contributed by atoms with Gasteiger partial charge in [-0.3, -0.25) is 0 Å². The van der Waals surface area contributed by atoms with Crippen LogP contribution in [0.2, 0.25) is 0 Å². The van der Waals surface area contributed by atoms with Crippen LogP contribution < -0.4 is 4.81 Å². The van der Waals surface area contributed by atoms with Crippen molar-refractivity contribution in [2.75, 3.05) is 4.81 Å². The van der Waals surface area contributed by atoms with Crippen molar-refractivity contribution < 1.29 is 24.0 Å². The second-order valence-electron chi connectivity index (χ2n) is 3.17. The normalized spacial score (nSPS) is 9.47. The van der Waals surface area contributed by atoms with E-state index in [1.165, 1.54) is 35.4 Å². The van der Waals surface area contributed by atoms with Crippen LogP contribution in [0.4, 0.5) is 11.4 Å². The number of benzene rings is 2. The minimum absolute atomic E-state index is 1.21. The molecule has 0 atom stereocenters. The van der Waals surface area contributed by atoms with Gasteiger partial charge in [-0.2, -0.15) is 0 Å². The fourth-order valence-electron chi connectivity index (χ4n) is 1.48. The predicted octanol–water partition coefficient (Wildman–Crippen LogP) is 2.91. The van der Waals surface area contributed by atoms with E-state index >= 15 is 0 Å². The van der Waals surface area contributed by atoms with Crippen LogP contribution in [0.15, 0.2) is 60.7 Å². The molecule has 0 unspecified atom stereocenters. The van der Waals surface area contributed by atoms with Gasteiger partial charge in [-0.05, 0) is 0 Å². The van der Waals surface area contributed by atoms with Crippen molar-refractivity contribution in [2.24, 2.45) is 0 Å². The molecule has 0 saturated heterocycles. The van der Waals surface area contributed by atoms with E-state index in [-0.39, 0.29) is 0 Å². The summed E-state index contributed by atoms with van der Waals surface area (Å²) in [6.45, 7) is 0. The maximum atomic E-state index is 2.21. The molecule has 2 aromatic rings. The summed E-state index contributed by atoms with van der Waals surface area (Å²) in [5.74, 6) is 0. The molecule has 0 fully saturated rings. The Hall–Kier alpha value is -0.812. The molecule has 15 heavy (non-hydrogen) atoms. The van der Waals surface area contributed by atoms with Gasteiger partial charge in [0.1, 0.15) is 0 Å². The van der Waals surface area contributed by atoms with Crippen molar-refractivity contribution in [1.29, 1.82) is 0 Å². The maximum absolute atomic E-state index is 2.21. The average Bonchev–Trinajstić information content (AvgIpc) is 2.33. The summed E-state index contributed by atoms with van der Waals surface area (Å²) in [5, 5.41) is 0. The summed E-state index contributed by atoms with van der Waals surface area (Å²) in [5.41, 5.74) is 2.42. The number of anilines is 2. The van der Waals surface area contributed by atoms with E-state index in [1.54, 1.807) is 0 Å². The van der Waals surface area contributed by atoms with Crippen molar-refractivity contribution in [1.82, 2.24) is 0 Å². The van der Waals surface area contributed by atoms with Gasteiger partial charge in [0.05, 0.1) is 0 Å². The molecule has 3 heteroatoms. The summed E-state index contributed by atoms with van der Waals surface area (Å²) in [4.78, 5) is 2.21. The Balaban J connectivity index is 2.38. The number of hydrogen-bond donors (Lipinski definition) is 0. The Labute approximate surface area is 105 Å². The van der Waals surface area contributed by atoms with E-state index in [4.69, 9.17) is 0 Å². The first kappa shape index (κ1) is 10.7. The van der Waals surface area contributed by atoms with Gasteiger partial charge in [0.2, 0.25) is 0 Å². The van der Waals surface area contributed by atoms with Crippen molar-refractivity contribution in [2.45, 2.75) is 0 Å². The average molecular weight is 270 g/mol. The number of hydrogen-bond acceptors (Lipinski definition) is 1. The Morgan fingerprint density at radius 2 is 1.13 bits per heavy atom. The van der Waals surface area contributed by atoms with E-state index < -0.39 is 0 Å². The van der Waals surface area contributed by atoms with Gasteiger partial charge in [0.25, 0.3) is 0 Å². The Kier molecular flexibility index (Phi) is 3.79. The molecular weight excluding hydrogens is 260 g/mol. The van der Waals surface area contributed by atoms with E-state index in [0.717, 1.165) is 0 Å². The third-order valence-corrected chi connectivity index (χ3v) is 2.83. The molecule has 0 bridgehead atoms. The van der Waals surface area contributed by atoms with Gasteiger partial charge in [-0.25, -0.2) is 0 Å². The molecule has 68 valence electrons. The molecule has 0 N–H and O–H groups in total. The summed E-state index contributed by atoms with van der Waals surface area (Å²) in [7, 11) is 0. The molecule has 0 aliphatic heterocycles. The van der Waals surface area contributed by atoms with Gasteiger partial charge in [0.15, 0.2) is 0 Å². The number of para-hydroxylation sites is 2. The zero-order chi connectivity index (χ0) is 10.5. The topological polar surface area (TPSA) is 3.24 Å². The molecular formula is C12H10BNZr+2. The third kappa shape index (κ3) is 2.60. The quantitative estimate of drug-likeness (QED) is 0.775. The molecule has 0 heterocycles. The van der Waals surface area contributed by atoms with E-state index in [9.17, 15) is 0 Å². The van der Waals surface area contributed by atoms with Crippen molar-refractivity contribution in [3.8, 4) is 0 Å². The van der Waals surface area contributed by atoms with E-state index in [1.807, 2.05) is 12.1 Å². The molecule has 0 aliphatic rings. The van der Waals surface area contributed by atoms with Crippen molar-refractivity contribution in [3.63, 3.8) is 0 Å². The van der Waals surface area contributed by atoms with Gasteiger partial charge in [-0.1, -0.05) is 0 Å². The summed E-state index contributed by atoms with van der Waals surface area (Å²) in [6.07, 6.45) is 0. The van der Waals surface area contributed by atoms with Crippen LogP contribution in [0.1, 0.15) is 0 Å². The van der Waals surface area contributed by atoms with Crippen LogP contribution >= 0.6 is 0 Å². The van der Waals surface area contributed by atoms with Crippen LogP contribution in [0, 0.1) is 0 Å². The summed E-state index contributed by atoms with van der Waals surface area (Å²) < 4.78 is 2.16. The molecule has 0 radical (unpaired) electrons. The zero-order valence-electron chi connectivity index (χ0n) is 8.30. The monoisotopic (exact) mass is 269 g/mol. The Bertz CT molecular complexity index is 390. The van der Waals surface area contributed by atoms with Gasteiger partial charge in [0, 0.05) is 0 Å². The molecule has 2 rings (SSSR count). The van der Waals surface area contributed by atoms with E-state index in [0.29, 0.717) is 0 Å². The first-order valence-electron chi connectivity index (χ1n) is 4.82. The molecule has 0 aliphatic carbocycles. The van der Waals surface area contributed by atoms with Crippen LogP contribution in [-0.4, -0.2) is 4.51 Å². The molecule has 1 nitrogen and oxygen atoms in total. The fraction of sp³-hybridized carbons (Fsp3) is 0. The standard InChI is InChI=1S/C12H10BN.Zr/c13-14(11-7-3-1-4-8-11)12-9-5-2-6-10-12;/h1-10H;/q;+2. The summed E-state index contributed by atoms with van der Waals surface area (Å²) >= 11 is 1.39. The molecule has 0 amide bonds. The summed E-state index contributed by atoms with van der Waals surface area (Å²) in [6, 6.07) is 20.8. The second kappa shape index (κ2) is 5.32. The van der Waals surface area contributed by atoms with Crippen molar-refractivity contribution in [3.05, 3.63) is 60.7 Å². The van der Waals surface area contributed by atoms with Crippen LogP contribution in [0.25, 0.3) is 0 Å². The van der Waals surface area contributed by atoms with Gasteiger partial charge in [-0.15, -0.1) is 0 Å². The first-order valence-corrected chi connectivity index (χ1v) is 6.23. The van der Waals surface area contributed by atoms with Crippen LogP contribution in [-0.2, 0) is 24.0 Å². The predicted molar refractivity (Wildman–Crippen MR) is 60.8 cm³/mol. The Morgan fingerprint density at radius 3 is 1.47 bits per heavy atom. The van der Waals surface area contributed by atoms with E-state index in [2.05, 4.69) is 57.9 Å². The molecule has 2 aromatic carbocycles. The molecule has 0 spiro atoms. The fourth-order valence-corrected chi connectivity index (χ4v) is 2.21.